The molecule has 2 amide bonds. The van der Waals surface area contributed by atoms with Gasteiger partial charge in [0.1, 0.15) is 11.5 Å². The molecular formula is C29H30ClN3O6S. The summed E-state index contributed by atoms with van der Waals surface area (Å²) < 4.78 is 38.9. The molecule has 2 heterocycles. The van der Waals surface area contributed by atoms with Crippen LogP contribution in [0.3, 0.4) is 0 Å². The molecule has 3 aromatic carbocycles. The first-order chi connectivity index (χ1) is 19.3. The highest BCUT2D eigenvalue weighted by molar-refractivity contribution is 7.89. The second-order valence-corrected chi connectivity index (χ2v) is 12.0. The number of fused-ring (bicyclic) bond motifs is 1. The Bertz CT molecular complexity index is 1490. The average molecular weight is 584 g/mol. The van der Waals surface area contributed by atoms with Crippen LogP contribution in [0, 0.1) is 5.92 Å². The number of carbonyl (C=O) groups is 2. The summed E-state index contributed by atoms with van der Waals surface area (Å²) in [4.78, 5) is 28.4. The lowest BCUT2D eigenvalue weighted by atomic mass is 9.95. The number of nitrogens with zero attached hydrogens (tertiary/aromatic N) is 2. The molecule has 2 aliphatic heterocycles. The number of hydrogen-bond donors (Lipinski definition) is 1. The van der Waals surface area contributed by atoms with E-state index < -0.39 is 22.0 Å². The maximum absolute atomic E-state index is 13.7. The van der Waals surface area contributed by atoms with Gasteiger partial charge >= 0.3 is 0 Å². The molecule has 0 saturated carbocycles. The Labute approximate surface area is 238 Å². The van der Waals surface area contributed by atoms with Gasteiger partial charge in [0.15, 0.2) is 6.10 Å². The molecule has 0 radical (unpaired) electrons. The van der Waals surface area contributed by atoms with Crippen molar-refractivity contribution in [2.75, 3.05) is 31.6 Å². The van der Waals surface area contributed by atoms with Crippen molar-refractivity contribution in [2.45, 2.75) is 30.4 Å². The van der Waals surface area contributed by atoms with Gasteiger partial charge in [-0.3, -0.25) is 9.59 Å². The fourth-order valence-electron chi connectivity index (χ4n) is 5.00. The standard InChI is InChI=1S/C29H30ClN3O6S/c1-38-25-12-11-22(17-23(25)30)40(36,37)32-15-13-21(14-16-32)29(35)33-19-27(39-26-10-6-5-9-24(26)33)28(34)31-18-20-7-3-2-4-8-20/h2-12,17,21,27H,13-16,18-19H2,1H3,(H,31,34). The highest BCUT2D eigenvalue weighted by Gasteiger charge is 2.39. The molecule has 0 aromatic heterocycles. The molecule has 3 aromatic rings. The molecule has 1 atom stereocenters. The first kappa shape index (κ1) is 27.9. The van der Waals surface area contributed by atoms with Crippen molar-refractivity contribution in [1.82, 2.24) is 9.62 Å². The number of anilines is 1. The predicted molar refractivity (Wildman–Crippen MR) is 151 cm³/mol. The Balaban J connectivity index is 1.26. The number of sulfonamides is 1. The fourth-order valence-corrected chi connectivity index (χ4v) is 6.82. The quantitative estimate of drug-likeness (QED) is 0.453. The number of rotatable bonds is 7. The number of ether oxygens (including phenoxy) is 2. The number of hydrogen-bond acceptors (Lipinski definition) is 6. The maximum atomic E-state index is 13.7. The van der Waals surface area contributed by atoms with Crippen molar-refractivity contribution < 1.29 is 27.5 Å². The Morgan fingerprint density at radius 1 is 1.02 bits per heavy atom. The molecule has 210 valence electrons. The van der Waals surface area contributed by atoms with Crippen LogP contribution in [0.5, 0.6) is 11.5 Å². The van der Waals surface area contributed by atoms with Crippen LogP contribution in [-0.2, 0) is 26.2 Å². The van der Waals surface area contributed by atoms with E-state index in [9.17, 15) is 18.0 Å². The van der Waals surface area contributed by atoms with Crippen molar-refractivity contribution in [2.24, 2.45) is 5.92 Å². The molecule has 9 nitrogen and oxygen atoms in total. The molecule has 40 heavy (non-hydrogen) atoms. The van der Waals surface area contributed by atoms with Gasteiger partial charge in [0.2, 0.25) is 15.9 Å². The molecule has 0 spiro atoms. The van der Waals surface area contributed by atoms with Gasteiger partial charge in [0.25, 0.3) is 5.91 Å². The Hall–Kier alpha value is -3.60. The smallest absolute Gasteiger partial charge is 0.263 e. The zero-order chi connectivity index (χ0) is 28.3. The number of halogens is 1. The molecule has 0 bridgehead atoms. The molecular weight excluding hydrogens is 554 g/mol. The van der Waals surface area contributed by atoms with Gasteiger partial charge in [-0.15, -0.1) is 0 Å². The van der Waals surface area contributed by atoms with E-state index in [0.717, 1.165) is 5.56 Å². The summed E-state index contributed by atoms with van der Waals surface area (Å²) in [5, 5.41) is 3.11. The molecule has 11 heteroatoms. The largest absolute Gasteiger partial charge is 0.495 e. The topological polar surface area (TPSA) is 105 Å². The summed E-state index contributed by atoms with van der Waals surface area (Å²) in [5.74, 6) is -0.0115. The Kier molecular flexibility index (Phi) is 8.30. The second-order valence-electron chi connectivity index (χ2n) is 9.70. The van der Waals surface area contributed by atoms with E-state index in [1.54, 1.807) is 23.1 Å². The van der Waals surface area contributed by atoms with E-state index in [1.807, 2.05) is 36.4 Å². The van der Waals surface area contributed by atoms with E-state index >= 15 is 0 Å². The van der Waals surface area contributed by atoms with Crippen LogP contribution in [0.15, 0.2) is 77.7 Å². The zero-order valence-corrected chi connectivity index (χ0v) is 23.5. The number of para-hydroxylation sites is 2. The molecule has 1 N–H and O–H groups in total. The van der Waals surface area contributed by atoms with E-state index in [1.165, 1.54) is 29.6 Å². The minimum atomic E-state index is -3.79. The molecule has 1 saturated heterocycles. The van der Waals surface area contributed by atoms with Crippen molar-refractivity contribution in [1.29, 1.82) is 0 Å². The number of amides is 2. The number of benzene rings is 3. The molecule has 0 aliphatic carbocycles. The number of carbonyl (C=O) groups excluding carboxylic acids is 2. The van der Waals surface area contributed by atoms with Crippen LogP contribution in [0.2, 0.25) is 5.02 Å². The minimum absolute atomic E-state index is 0.0688. The van der Waals surface area contributed by atoms with Crippen LogP contribution in [0.4, 0.5) is 5.69 Å². The van der Waals surface area contributed by atoms with E-state index in [0.29, 0.717) is 36.6 Å². The monoisotopic (exact) mass is 583 g/mol. The third kappa shape index (κ3) is 5.79. The first-order valence-electron chi connectivity index (χ1n) is 13.0. The lowest BCUT2D eigenvalue weighted by molar-refractivity contribution is -0.129. The number of methoxy groups -OCH3 is 1. The minimum Gasteiger partial charge on any atom is -0.495 e. The van der Waals surface area contributed by atoms with Crippen LogP contribution in [0.1, 0.15) is 18.4 Å². The molecule has 1 fully saturated rings. The van der Waals surface area contributed by atoms with Gasteiger partial charge in [-0.2, -0.15) is 4.31 Å². The van der Waals surface area contributed by atoms with Gasteiger partial charge in [0, 0.05) is 25.6 Å². The lowest BCUT2D eigenvalue weighted by Gasteiger charge is -2.38. The zero-order valence-electron chi connectivity index (χ0n) is 22.0. The van der Waals surface area contributed by atoms with E-state index in [2.05, 4.69) is 5.32 Å². The average Bonchev–Trinajstić information content (AvgIpc) is 2.99. The van der Waals surface area contributed by atoms with Crippen LogP contribution in [-0.4, -0.2) is 57.4 Å². The molecule has 1 unspecified atom stereocenters. The van der Waals surface area contributed by atoms with Crippen molar-refractivity contribution in [3.05, 3.63) is 83.4 Å². The summed E-state index contributed by atoms with van der Waals surface area (Å²) in [7, 11) is -2.32. The van der Waals surface area contributed by atoms with E-state index in [4.69, 9.17) is 21.1 Å². The van der Waals surface area contributed by atoms with Crippen molar-refractivity contribution in [3.63, 3.8) is 0 Å². The van der Waals surface area contributed by atoms with Crippen LogP contribution >= 0.6 is 11.6 Å². The molecule has 2 aliphatic rings. The Morgan fingerprint density at radius 3 is 2.42 bits per heavy atom. The lowest BCUT2D eigenvalue weighted by Crippen LogP contribution is -2.53. The summed E-state index contributed by atoms with van der Waals surface area (Å²) in [6, 6.07) is 21.0. The third-order valence-corrected chi connectivity index (χ3v) is 9.40. The van der Waals surface area contributed by atoms with Gasteiger partial charge in [-0.25, -0.2) is 8.42 Å². The van der Waals surface area contributed by atoms with Crippen LogP contribution in [0.25, 0.3) is 0 Å². The number of piperidine rings is 1. The fraction of sp³-hybridized carbons (Fsp3) is 0.310. The first-order valence-corrected chi connectivity index (χ1v) is 14.8. The van der Waals surface area contributed by atoms with Crippen molar-refractivity contribution >= 4 is 39.1 Å². The highest BCUT2D eigenvalue weighted by atomic mass is 35.5. The normalized spacial score (nSPS) is 17.9. The third-order valence-electron chi connectivity index (χ3n) is 7.21. The van der Waals surface area contributed by atoms with Gasteiger partial charge in [-0.1, -0.05) is 54.1 Å². The summed E-state index contributed by atoms with van der Waals surface area (Å²) >= 11 is 6.15. The summed E-state index contributed by atoms with van der Waals surface area (Å²) in [5.41, 5.74) is 1.56. The summed E-state index contributed by atoms with van der Waals surface area (Å²) in [6.07, 6.45) is -0.165. The molecule has 5 rings (SSSR count). The Morgan fingerprint density at radius 2 is 1.73 bits per heavy atom. The highest BCUT2D eigenvalue weighted by Crippen LogP contribution is 2.36. The number of nitrogens with one attached hydrogen (secondary N) is 1. The summed E-state index contributed by atoms with van der Waals surface area (Å²) in [6.45, 7) is 0.797. The van der Waals surface area contributed by atoms with Gasteiger partial charge in [-0.05, 0) is 48.7 Å². The van der Waals surface area contributed by atoms with Crippen molar-refractivity contribution in [3.8, 4) is 11.5 Å². The van der Waals surface area contributed by atoms with E-state index in [-0.39, 0.29) is 41.4 Å². The SMILES string of the molecule is COc1ccc(S(=O)(=O)N2CCC(C(=O)N3CC(C(=O)NCc4ccccc4)Oc4ccccc43)CC2)cc1Cl. The van der Waals surface area contributed by atoms with Crippen LogP contribution < -0.4 is 19.7 Å². The predicted octanol–water partition coefficient (Wildman–Crippen LogP) is 3.86. The van der Waals surface area contributed by atoms with Gasteiger partial charge < -0.3 is 19.7 Å². The second kappa shape index (κ2) is 11.9. The van der Waals surface area contributed by atoms with Gasteiger partial charge in [0.05, 0.1) is 29.3 Å². The maximum Gasteiger partial charge on any atom is 0.263 e.